The summed E-state index contributed by atoms with van der Waals surface area (Å²) >= 11 is 3.41. The molecule has 2 rings (SSSR count). The Morgan fingerprint density at radius 3 is 3.00 bits per heavy atom. The number of hydrogen-bond acceptors (Lipinski definition) is 1. The fourth-order valence-corrected chi connectivity index (χ4v) is 1.57. The van der Waals surface area contributed by atoms with Crippen molar-refractivity contribution in [2.75, 3.05) is 0 Å². The molecule has 0 saturated heterocycles. The van der Waals surface area contributed by atoms with Gasteiger partial charge in [0.1, 0.15) is 0 Å². The summed E-state index contributed by atoms with van der Waals surface area (Å²) in [5, 5.41) is 0. The number of aliphatic imine (C=N–C) groups is 1. The zero-order valence-electron chi connectivity index (χ0n) is 6.50. The minimum atomic E-state index is 0.884. The standard InChI is InChI=1S/C10H8BrN/c11-10-7-3-5-8-4-1-2-6-9(8)12-10/h1-6H,7H2. The summed E-state index contributed by atoms with van der Waals surface area (Å²) in [6.45, 7) is 0. The maximum absolute atomic E-state index is 4.41. The minimum Gasteiger partial charge on any atom is -0.245 e. The average Bonchev–Trinajstić information content (AvgIpc) is 2.25. The maximum Gasteiger partial charge on any atom is 0.0874 e. The Morgan fingerprint density at radius 2 is 2.08 bits per heavy atom. The molecule has 60 valence electrons. The van der Waals surface area contributed by atoms with Crippen molar-refractivity contribution < 1.29 is 0 Å². The first-order valence-corrected chi connectivity index (χ1v) is 4.64. The van der Waals surface area contributed by atoms with Crippen LogP contribution in [0.1, 0.15) is 12.0 Å². The summed E-state index contributed by atoms with van der Waals surface area (Å²) in [6, 6.07) is 8.12. The molecule has 12 heavy (non-hydrogen) atoms. The van der Waals surface area contributed by atoms with E-state index in [1.807, 2.05) is 18.2 Å². The lowest BCUT2D eigenvalue weighted by Crippen LogP contribution is -1.78. The van der Waals surface area contributed by atoms with Gasteiger partial charge in [-0.1, -0.05) is 30.4 Å². The van der Waals surface area contributed by atoms with Gasteiger partial charge >= 0.3 is 0 Å². The molecular formula is C10H8BrN. The molecule has 0 atom stereocenters. The van der Waals surface area contributed by atoms with Crippen LogP contribution < -0.4 is 0 Å². The number of para-hydroxylation sites is 1. The molecule has 1 heterocycles. The molecule has 0 aliphatic carbocycles. The highest BCUT2D eigenvalue weighted by atomic mass is 79.9. The van der Waals surface area contributed by atoms with Crippen molar-refractivity contribution in [1.82, 2.24) is 0 Å². The topological polar surface area (TPSA) is 12.4 Å². The number of allylic oxidation sites excluding steroid dienone is 1. The van der Waals surface area contributed by atoms with E-state index in [-0.39, 0.29) is 0 Å². The molecule has 0 fully saturated rings. The second kappa shape index (κ2) is 3.23. The molecule has 1 aliphatic heterocycles. The Balaban J connectivity index is 2.58. The van der Waals surface area contributed by atoms with Crippen molar-refractivity contribution in [1.29, 1.82) is 0 Å². The van der Waals surface area contributed by atoms with Crippen molar-refractivity contribution >= 4 is 32.3 Å². The van der Waals surface area contributed by atoms with Gasteiger partial charge in [-0.3, -0.25) is 0 Å². The lowest BCUT2D eigenvalue weighted by Gasteiger charge is -1.96. The van der Waals surface area contributed by atoms with E-state index < -0.39 is 0 Å². The molecule has 0 bridgehead atoms. The van der Waals surface area contributed by atoms with Gasteiger partial charge in [0, 0.05) is 6.42 Å². The third kappa shape index (κ3) is 1.48. The molecule has 0 spiro atoms. The molecular weight excluding hydrogens is 214 g/mol. The maximum atomic E-state index is 4.41. The van der Waals surface area contributed by atoms with Crippen LogP contribution in [-0.4, -0.2) is 4.62 Å². The third-order valence-electron chi connectivity index (χ3n) is 1.76. The minimum absolute atomic E-state index is 0.884. The van der Waals surface area contributed by atoms with E-state index in [1.54, 1.807) is 0 Å². The van der Waals surface area contributed by atoms with E-state index in [9.17, 15) is 0 Å². The lowest BCUT2D eigenvalue weighted by atomic mass is 10.2. The summed E-state index contributed by atoms with van der Waals surface area (Å²) in [7, 11) is 0. The molecule has 0 unspecified atom stereocenters. The Bertz CT molecular complexity index is 353. The van der Waals surface area contributed by atoms with Crippen molar-refractivity contribution in [2.24, 2.45) is 4.99 Å². The van der Waals surface area contributed by atoms with Crippen molar-refractivity contribution in [3.63, 3.8) is 0 Å². The smallest absolute Gasteiger partial charge is 0.0874 e. The summed E-state index contributed by atoms with van der Waals surface area (Å²) in [5.74, 6) is 0. The number of nitrogens with zero attached hydrogens (tertiary/aromatic N) is 1. The fourth-order valence-electron chi connectivity index (χ4n) is 1.19. The van der Waals surface area contributed by atoms with Crippen molar-refractivity contribution in [2.45, 2.75) is 6.42 Å². The van der Waals surface area contributed by atoms with Gasteiger partial charge in [-0.05, 0) is 27.6 Å². The summed E-state index contributed by atoms with van der Waals surface area (Å²) in [6.07, 6.45) is 5.10. The van der Waals surface area contributed by atoms with Crippen LogP contribution in [0.5, 0.6) is 0 Å². The normalized spacial score (nSPS) is 14.9. The van der Waals surface area contributed by atoms with E-state index in [4.69, 9.17) is 0 Å². The predicted molar refractivity (Wildman–Crippen MR) is 56.1 cm³/mol. The third-order valence-corrected chi connectivity index (χ3v) is 2.26. The van der Waals surface area contributed by atoms with Gasteiger partial charge < -0.3 is 0 Å². The molecule has 1 nitrogen and oxygen atoms in total. The van der Waals surface area contributed by atoms with Crippen molar-refractivity contribution in [3.05, 3.63) is 35.9 Å². The lowest BCUT2D eigenvalue weighted by molar-refractivity contribution is 1.48. The van der Waals surface area contributed by atoms with Gasteiger partial charge in [0.25, 0.3) is 0 Å². The van der Waals surface area contributed by atoms with Gasteiger partial charge in [0.05, 0.1) is 10.3 Å². The fraction of sp³-hybridized carbons (Fsp3) is 0.100. The van der Waals surface area contributed by atoms with Crippen LogP contribution in [0.3, 0.4) is 0 Å². The highest BCUT2D eigenvalue weighted by molar-refractivity contribution is 9.18. The van der Waals surface area contributed by atoms with Gasteiger partial charge in [0.2, 0.25) is 0 Å². The first-order chi connectivity index (χ1) is 5.86. The van der Waals surface area contributed by atoms with E-state index >= 15 is 0 Å². The quantitative estimate of drug-likeness (QED) is 0.636. The van der Waals surface area contributed by atoms with Crippen LogP contribution in [0.2, 0.25) is 0 Å². The summed E-state index contributed by atoms with van der Waals surface area (Å²) in [4.78, 5) is 4.41. The first-order valence-electron chi connectivity index (χ1n) is 3.85. The molecule has 0 radical (unpaired) electrons. The van der Waals surface area contributed by atoms with Gasteiger partial charge in [-0.15, -0.1) is 0 Å². The van der Waals surface area contributed by atoms with Gasteiger partial charge in [0.15, 0.2) is 0 Å². The van der Waals surface area contributed by atoms with Crippen LogP contribution in [0.25, 0.3) is 6.08 Å². The molecule has 2 heteroatoms. The Kier molecular flexibility index (Phi) is 2.09. The highest BCUT2D eigenvalue weighted by Gasteiger charge is 2.01. The van der Waals surface area contributed by atoms with E-state index in [0.717, 1.165) is 16.7 Å². The molecule has 0 N–H and O–H groups in total. The SMILES string of the molecule is BrC1=Nc2ccccc2C=CC1. The molecule has 0 aromatic heterocycles. The Hall–Kier alpha value is -0.890. The van der Waals surface area contributed by atoms with Crippen LogP contribution in [0.15, 0.2) is 35.3 Å². The molecule has 1 aromatic rings. The molecule has 1 aromatic carbocycles. The second-order valence-electron chi connectivity index (χ2n) is 2.65. The Morgan fingerprint density at radius 1 is 1.25 bits per heavy atom. The van der Waals surface area contributed by atoms with E-state index in [0.29, 0.717) is 0 Å². The Labute approximate surface area is 80.0 Å². The molecule has 1 aliphatic rings. The van der Waals surface area contributed by atoms with Gasteiger partial charge in [-0.25, -0.2) is 4.99 Å². The number of rotatable bonds is 0. The highest BCUT2D eigenvalue weighted by Crippen LogP contribution is 2.24. The largest absolute Gasteiger partial charge is 0.245 e. The van der Waals surface area contributed by atoms with Crippen LogP contribution in [0.4, 0.5) is 5.69 Å². The van der Waals surface area contributed by atoms with Crippen LogP contribution >= 0.6 is 15.9 Å². The average molecular weight is 222 g/mol. The van der Waals surface area contributed by atoms with E-state index in [2.05, 4.69) is 39.1 Å². The number of benzene rings is 1. The number of fused-ring (bicyclic) bond motifs is 1. The van der Waals surface area contributed by atoms with E-state index in [1.165, 1.54) is 5.56 Å². The van der Waals surface area contributed by atoms with Crippen LogP contribution in [-0.2, 0) is 0 Å². The summed E-state index contributed by atoms with van der Waals surface area (Å²) < 4.78 is 0.990. The number of hydrogen-bond donors (Lipinski definition) is 0. The monoisotopic (exact) mass is 221 g/mol. The van der Waals surface area contributed by atoms with Gasteiger partial charge in [-0.2, -0.15) is 0 Å². The molecule has 0 amide bonds. The molecule has 0 saturated carbocycles. The first kappa shape index (κ1) is 7.74. The number of halogens is 1. The predicted octanol–water partition coefficient (Wildman–Crippen LogP) is 3.53. The van der Waals surface area contributed by atoms with Crippen molar-refractivity contribution in [3.8, 4) is 0 Å². The zero-order chi connectivity index (χ0) is 8.39. The second-order valence-corrected chi connectivity index (χ2v) is 3.57. The summed E-state index contributed by atoms with van der Waals surface area (Å²) in [5.41, 5.74) is 2.23. The zero-order valence-corrected chi connectivity index (χ0v) is 8.08. The van der Waals surface area contributed by atoms with Crippen LogP contribution in [0, 0.1) is 0 Å².